The van der Waals surface area contributed by atoms with Crippen molar-refractivity contribution in [2.75, 3.05) is 6.79 Å². The normalized spacial score (nSPS) is 14.1. The van der Waals surface area contributed by atoms with Crippen LogP contribution in [-0.4, -0.2) is 30.9 Å². The first kappa shape index (κ1) is 18.6. The Balaban J connectivity index is 1.46. The summed E-state index contributed by atoms with van der Waals surface area (Å²) < 4.78 is 21.2. The number of amides is 1. The van der Waals surface area contributed by atoms with Gasteiger partial charge >= 0.3 is 5.97 Å². The SMILES string of the molecule is C[C@H](OC(=O)[C@@H](C)Oc1ccccc1)C(=O)NCc1ccc2c(c1)OCO2. The van der Waals surface area contributed by atoms with Gasteiger partial charge in [-0.15, -0.1) is 0 Å². The number of hydrogen-bond donors (Lipinski definition) is 1. The summed E-state index contributed by atoms with van der Waals surface area (Å²) in [7, 11) is 0. The molecule has 0 saturated heterocycles. The Hall–Kier alpha value is -3.22. The third-order valence-corrected chi connectivity index (χ3v) is 3.95. The molecular weight excluding hydrogens is 350 g/mol. The Kier molecular flexibility index (Phi) is 5.80. The number of benzene rings is 2. The second-order valence-corrected chi connectivity index (χ2v) is 6.06. The molecule has 142 valence electrons. The van der Waals surface area contributed by atoms with E-state index in [4.69, 9.17) is 18.9 Å². The predicted octanol–water partition coefficient (Wildman–Crippen LogP) is 2.43. The van der Waals surface area contributed by atoms with Gasteiger partial charge in [0.05, 0.1) is 0 Å². The Morgan fingerprint density at radius 1 is 1.04 bits per heavy atom. The van der Waals surface area contributed by atoms with Crippen LogP contribution in [-0.2, 0) is 20.9 Å². The average molecular weight is 371 g/mol. The molecule has 2 aromatic rings. The molecule has 2 aromatic carbocycles. The van der Waals surface area contributed by atoms with E-state index in [1.165, 1.54) is 6.92 Å². The van der Waals surface area contributed by atoms with Gasteiger partial charge in [-0.2, -0.15) is 0 Å². The molecule has 1 aliphatic rings. The summed E-state index contributed by atoms with van der Waals surface area (Å²) in [6.07, 6.45) is -1.76. The molecular formula is C20H21NO6. The monoisotopic (exact) mass is 371 g/mol. The Labute approximate surface area is 157 Å². The van der Waals surface area contributed by atoms with Crippen molar-refractivity contribution in [2.45, 2.75) is 32.6 Å². The first-order valence-corrected chi connectivity index (χ1v) is 8.61. The van der Waals surface area contributed by atoms with Crippen molar-refractivity contribution in [3.63, 3.8) is 0 Å². The van der Waals surface area contributed by atoms with Crippen molar-refractivity contribution in [3.05, 3.63) is 54.1 Å². The Bertz CT molecular complexity index is 807. The van der Waals surface area contributed by atoms with Gasteiger partial charge in [0.25, 0.3) is 5.91 Å². The maximum Gasteiger partial charge on any atom is 0.347 e. The fourth-order valence-corrected chi connectivity index (χ4v) is 2.46. The maximum absolute atomic E-state index is 12.2. The van der Waals surface area contributed by atoms with Crippen LogP contribution >= 0.6 is 0 Å². The van der Waals surface area contributed by atoms with Crippen LogP contribution in [0.3, 0.4) is 0 Å². The molecule has 7 nitrogen and oxygen atoms in total. The lowest BCUT2D eigenvalue weighted by Gasteiger charge is -2.17. The van der Waals surface area contributed by atoms with Crippen molar-refractivity contribution < 1.29 is 28.5 Å². The molecule has 3 rings (SSSR count). The number of carbonyl (C=O) groups is 2. The highest BCUT2D eigenvalue weighted by atomic mass is 16.7. The summed E-state index contributed by atoms with van der Waals surface area (Å²) in [6.45, 7) is 3.57. The van der Waals surface area contributed by atoms with Gasteiger partial charge in [-0.05, 0) is 43.7 Å². The number of ether oxygens (including phenoxy) is 4. The predicted molar refractivity (Wildman–Crippen MR) is 96.5 cm³/mol. The van der Waals surface area contributed by atoms with E-state index in [0.717, 1.165) is 5.56 Å². The lowest BCUT2D eigenvalue weighted by atomic mass is 10.2. The molecule has 0 radical (unpaired) electrons. The summed E-state index contributed by atoms with van der Waals surface area (Å²) in [6, 6.07) is 14.4. The van der Waals surface area contributed by atoms with Crippen LogP contribution in [0.5, 0.6) is 17.2 Å². The fourth-order valence-electron chi connectivity index (χ4n) is 2.46. The zero-order chi connectivity index (χ0) is 19.2. The van der Waals surface area contributed by atoms with Gasteiger partial charge in [-0.25, -0.2) is 4.79 Å². The molecule has 1 N–H and O–H groups in total. The first-order chi connectivity index (χ1) is 13.0. The third kappa shape index (κ3) is 4.91. The second kappa shape index (κ2) is 8.44. The quantitative estimate of drug-likeness (QED) is 0.753. The molecule has 0 aliphatic carbocycles. The zero-order valence-electron chi connectivity index (χ0n) is 15.1. The Morgan fingerprint density at radius 3 is 2.56 bits per heavy atom. The first-order valence-electron chi connectivity index (χ1n) is 8.61. The van der Waals surface area contributed by atoms with Crippen molar-refractivity contribution in [3.8, 4) is 17.2 Å². The van der Waals surface area contributed by atoms with E-state index < -0.39 is 24.1 Å². The molecule has 0 bridgehead atoms. The fraction of sp³-hybridized carbons (Fsp3) is 0.300. The van der Waals surface area contributed by atoms with Gasteiger partial charge in [-0.3, -0.25) is 4.79 Å². The van der Waals surface area contributed by atoms with Gasteiger partial charge in [0.2, 0.25) is 6.79 Å². The number of fused-ring (bicyclic) bond motifs is 1. The molecule has 0 spiro atoms. The average Bonchev–Trinajstić information content (AvgIpc) is 3.14. The minimum Gasteiger partial charge on any atom is -0.479 e. The van der Waals surface area contributed by atoms with Gasteiger partial charge < -0.3 is 24.3 Å². The highest BCUT2D eigenvalue weighted by molar-refractivity contribution is 5.84. The molecule has 1 aliphatic heterocycles. The minimum atomic E-state index is -0.937. The van der Waals surface area contributed by atoms with Crippen LogP contribution in [0, 0.1) is 0 Å². The molecule has 0 saturated carbocycles. The molecule has 1 amide bonds. The summed E-state index contributed by atoms with van der Waals surface area (Å²) in [5.41, 5.74) is 0.854. The molecule has 2 atom stereocenters. The van der Waals surface area contributed by atoms with Crippen LogP contribution in [0.4, 0.5) is 0 Å². The largest absolute Gasteiger partial charge is 0.479 e. The van der Waals surface area contributed by atoms with E-state index in [2.05, 4.69) is 5.32 Å². The standard InChI is InChI=1S/C20H21NO6/c1-13(27-20(23)14(2)26-16-6-4-3-5-7-16)19(22)21-11-15-8-9-17-18(10-15)25-12-24-17/h3-10,13-14H,11-12H2,1-2H3,(H,21,22)/t13-,14+/m0/s1. The number of carbonyl (C=O) groups excluding carboxylic acids is 2. The Morgan fingerprint density at radius 2 is 1.78 bits per heavy atom. The van der Waals surface area contributed by atoms with Crippen LogP contribution < -0.4 is 19.5 Å². The molecule has 0 unspecified atom stereocenters. The van der Waals surface area contributed by atoms with E-state index in [9.17, 15) is 9.59 Å². The van der Waals surface area contributed by atoms with E-state index in [0.29, 0.717) is 17.2 Å². The topological polar surface area (TPSA) is 83.1 Å². The number of esters is 1. The molecule has 0 aromatic heterocycles. The highest BCUT2D eigenvalue weighted by Gasteiger charge is 2.23. The summed E-state index contributed by atoms with van der Waals surface area (Å²) in [4.78, 5) is 24.3. The summed E-state index contributed by atoms with van der Waals surface area (Å²) in [5, 5.41) is 2.73. The smallest absolute Gasteiger partial charge is 0.347 e. The van der Waals surface area contributed by atoms with Crippen molar-refractivity contribution in [1.29, 1.82) is 0 Å². The van der Waals surface area contributed by atoms with E-state index in [1.54, 1.807) is 43.3 Å². The maximum atomic E-state index is 12.2. The van der Waals surface area contributed by atoms with Crippen LogP contribution in [0.1, 0.15) is 19.4 Å². The van der Waals surface area contributed by atoms with E-state index in [-0.39, 0.29) is 13.3 Å². The minimum absolute atomic E-state index is 0.196. The number of nitrogens with one attached hydrogen (secondary N) is 1. The second-order valence-electron chi connectivity index (χ2n) is 6.06. The number of rotatable bonds is 7. The van der Waals surface area contributed by atoms with Crippen LogP contribution in [0.15, 0.2) is 48.5 Å². The van der Waals surface area contributed by atoms with Crippen molar-refractivity contribution >= 4 is 11.9 Å². The lowest BCUT2D eigenvalue weighted by molar-refractivity contribution is -0.160. The van der Waals surface area contributed by atoms with Crippen molar-refractivity contribution in [2.24, 2.45) is 0 Å². The third-order valence-electron chi connectivity index (χ3n) is 3.95. The van der Waals surface area contributed by atoms with Crippen molar-refractivity contribution in [1.82, 2.24) is 5.32 Å². The van der Waals surface area contributed by atoms with E-state index in [1.807, 2.05) is 12.1 Å². The van der Waals surface area contributed by atoms with Gasteiger partial charge in [0.1, 0.15) is 5.75 Å². The zero-order valence-corrected chi connectivity index (χ0v) is 15.1. The van der Waals surface area contributed by atoms with Crippen LogP contribution in [0.2, 0.25) is 0 Å². The molecule has 7 heteroatoms. The molecule has 1 heterocycles. The summed E-state index contributed by atoms with van der Waals surface area (Å²) >= 11 is 0. The van der Waals surface area contributed by atoms with Gasteiger partial charge in [0, 0.05) is 6.54 Å². The summed E-state index contributed by atoms with van der Waals surface area (Å²) in [5.74, 6) is 0.882. The van der Waals surface area contributed by atoms with Gasteiger partial charge in [0.15, 0.2) is 23.7 Å². The molecule has 27 heavy (non-hydrogen) atoms. The number of hydrogen-bond acceptors (Lipinski definition) is 6. The van der Waals surface area contributed by atoms with Crippen LogP contribution in [0.25, 0.3) is 0 Å². The highest BCUT2D eigenvalue weighted by Crippen LogP contribution is 2.32. The lowest BCUT2D eigenvalue weighted by Crippen LogP contribution is -2.38. The molecule has 0 fully saturated rings. The van der Waals surface area contributed by atoms with Gasteiger partial charge in [-0.1, -0.05) is 24.3 Å². The van der Waals surface area contributed by atoms with E-state index >= 15 is 0 Å². The number of para-hydroxylation sites is 1.